The summed E-state index contributed by atoms with van der Waals surface area (Å²) in [4.78, 5) is 28.6. The number of nitrogens with one attached hydrogen (secondary N) is 1. The quantitative estimate of drug-likeness (QED) is 0.349. The van der Waals surface area contributed by atoms with E-state index in [0.29, 0.717) is 31.2 Å². The zero-order valence-electron chi connectivity index (χ0n) is 20.5. The molecular weight excluding hydrogens is 504 g/mol. The van der Waals surface area contributed by atoms with E-state index in [1.54, 1.807) is 4.90 Å². The van der Waals surface area contributed by atoms with Gasteiger partial charge in [-0.3, -0.25) is 9.59 Å². The molecule has 0 unspecified atom stereocenters. The molecule has 184 valence electrons. The molecule has 1 N–H and O–H groups in total. The van der Waals surface area contributed by atoms with Crippen LogP contribution in [0.15, 0.2) is 83.3 Å². The largest absolute Gasteiger partial charge is 0.484 e. The third kappa shape index (κ3) is 8.25. The van der Waals surface area contributed by atoms with E-state index >= 15 is 0 Å². The Morgan fingerprint density at radius 3 is 2.17 bits per heavy atom. The van der Waals surface area contributed by atoms with Crippen molar-refractivity contribution >= 4 is 27.7 Å². The van der Waals surface area contributed by atoms with E-state index in [4.69, 9.17) is 4.74 Å². The standard InChI is InChI=1S/C29H33BrN2O3/c1-21(2)18-31-29(34)27(17-23-10-6-4-7-11-23)32(19-24-12-8-5-9-13-24)28(33)20-35-25-14-15-26(30)22(3)16-25/h4-16,21,27H,17-20H2,1-3H3,(H,31,34)/t27-/m0/s1. The molecule has 0 spiro atoms. The smallest absolute Gasteiger partial charge is 0.261 e. The summed E-state index contributed by atoms with van der Waals surface area (Å²) in [7, 11) is 0. The average molecular weight is 537 g/mol. The molecule has 0 aliphatic heterocycles. The molecule has 0 aliphatic rings. The van der Waals surface area contributed by atoms with Gasteiger partial charge in [0.25, 0.3) is 5.91 Å². The first kappa shape index (κ1) is 26.5. The van der Waals surface area contributed by atoms with Crippen LogP contribution in [0.5, 0.6) is 5.75 Å². The number of rotatable bonds is 11. The minimum Gasteiger partial charge on any atom is -0.484 e. The Morgan fingerprint density at radius 1 is 0.943 bits per heavy atom. The van der Waals surface area contributed by atoms with Gasteiger partial charge in [0, 0.05) is 24.0 Å². The van der Waals surface area contributed by atoms with Crippen LogP contribution in [0.1, 0.15) is 30.5 Å². The van der Waals surface area contributed by atoms with E-state index in [2.05, 4.69) is 21.2 Å². The van der Waals surface area contributed by atoms with Crippen LogP contribution in [0.3, 0.4) is 0 Å². The maximum absolute atomic E-state index is 13.6. The fourth-order valence-corrected chi connectivity index (χ4v) is 3.94. The Kier molecular flexibility index (Phi) is 9.91. The molecule has 6 heteroatoms. The van der Waals surface area contributed by atoms with Crippen LogP contribution in [0.25, 0.3) is 0 Å². The van der Waals surface area contributed by atoms with Crippen LogP contribution < -0.4 is 10.1 Å². The van der Waals surface area contributed by atoms with Gasteiger partial charge in [-0.2, -0.15) is 0 Å². The first-order chi connectivity index (χ1) is 16.8. The Bertz CT molecular complexity index is 1100. The van der Waals surface area contributed by atoms with Crippen LogP contribution in [0.4, 0.5) is 0 Å². The number of aryl methyl sites for hydroxylation is 1. The van der Waals surface area contributed by atoms with Gasteiger partial charge in [0.1, 0.15) is 11.8 Å². The van der Waals surface area contributed by atoms with Crippen molar-refractivity contribution in [2.45, 2.75) is 39.8 Å². The summed E-state index contributed by atoms with van der Waals surface area (Å²) in [5, 5.41) is 3.03. The average Bonchev–Trinajstić information content (AvgIpc) is 2.86. The summed E-state index contributed by atoms with van der Waals surface area (Å²) in [6.45, 7) is 6.77. The molecule has 0 aliphatic carbocycles. The molecule has 3 aromatic rings. The maximum Gasteiger partial charge on any atom is 0.261 e. The number of hydrogen-bond acceptors (Lipinski definition) is 3. The molecule has 0 aromatic heterocycles. The zero-order chi connectivity index (χ0) is 25.2. The molecule has 2 amide bonds. The molecule has 3 rings (SSSR count). The van der Waals surface area contributed by atoms with Gasteiger partial charge < -0.3 is 15.0 Å². The van der Waals surface area contributed by atoms with E-state index in [9.17, 15) is 9.59 Å². The summed E-state index contributed by atoms with van der Waals surface area (Å²) >= 11 is 3.49. The Balaban J connectivity index is 1.87. The van der Waals surface area contributed by atoms with E-state index in [1.165, 1.54) is 0 Å². The fraction of sp³-hybridized carbons (Fsp3) is 0.310. The summed E-state index contributed by atoms with van der Waals surface area (Å²) < 4.78 is 6.84. The minimum absolute atomic E-state index is 0.156. The number of benzene rings is 3. The first-order valence-corrected chi connectivity index (χ1v) is 12.7. The van der Waals surface area contributed by atoms with Gasteiger partial charge in [-0.1, -0.05) is 90.4 Å². The number of carbonyl (C=O) groups excluding carboxylic acids is 2. The number of hydrogen-bond donors (Lipinski definition) is 1. The van der Waals surface area contributed by atoms with Crippen LogP contribution >= 0.6 is 15.9 Å². The third-order valence-electron chi connectivity index (χ3n) is 5.64. The van der Waals surface area contributed by atoms with E-state index < -0.39 is 6.04 Å². The number of nitrogens with zero attached hydrogens (tertiary/aromatic N) is 1. The molecule has 3 aromatic carbocycles. The highest BCUT2D eigenvalue weighted by Crippen LogP contribution is 2.22. The van der Waals surface area contributed by atoms with Crippen molar-refractivity contribution in [3.8, 4) is 5.75 Å². The van der Waals surface area contributed by atoms with Gasteiger partial charge in [0.15, 0.2) is 6.61 Å². The van der Waals surface area contributed by atoms with Gasteiger partial charge in [-0.15, -0.1) is 0 Å². The lowest BCUT2D eigenvalue weighted by Gasteiger charge is -2.31. The molecule has 0 bridgehead atoms. The van der Waals surface area contributed by atoms with Crippen LogP contribution in [-0.2, 0) is 22.6 Å². The van der Waals surface area contributed by atoms with Crippen molar-refractivity contribution < 1.29 is 14.3 Å². The molecule has 0 saturated carbocycles. The lowest BCUT2D eigenvalue weighted by molar-refractivity contribution is -0.142. The van der Waals surface area contributed by atoms with E-state index in [1.807, 2.05) is 99.6 Å². The number of carbonyl (C=O) groups is 2. The van der Waals surface area contributed by atoms with Crippen LogP contribution in [0, 0.1) is 12.8 Å². The minimum atomic E-state index is -0.667. The molecule has 0 saturated heterocycles. The van der Waals surface area contributed by atoms with Gasteiger partial charge in [0.2, 0.25) is 5.91 Å². The van der Waals surface area contributed by atoms with Gasteiger partial charge in [-0.25, -0.2) is 0 Å². The number of ether oxygens (including phenoxy) is 1. The second-order valence-corrected chi connectivity index (χ2v) is 9.91. The molecule has 1 atom stereocenters. The second kappa shape index (κ2) is 13.1. The molecule has 5 nitrogen and oxygen atoms in total. The molecule has 0 radical (unpaired) electrons. The Morgan fingerprint density at radius 2 is 1.57 bits per heavy atom. The van der Waals surface area contributed by atoms with E-state index in [-0.39, 0.29) is 18.4 Å². The third-order valence-corrected chi connectivity index (χ3v) is 6.53. The number of amides is 2. The van der Waals surface area contributed by atoms with Crippen molar-refractivity contribution in [3.63, 3.8) is 0 Å². The summed E-state index contributed by atoms with van der Waals surface area (Å²) in [6.07, 6.45) is 0.417. The molecular formula is C29H33BrN2O3. The first-order valence-electron chi connectivity index (χ1n) is 11.9. The van der Waals surface area contributed by atoms with Crippen molar-refractivity contribution in [3.05, 3.63) is 100 Å². The monoisotopic (exact) mass is 536 g/mol. The predicted octanol–water partition coefficient (Wildman–Crippen LogP) is 5.55. The van der Waals surface area contributed by atoms with Crippen molar-refractivity contribution in [1.82, 2.24) is 10.2 Å². The fourth-order valence-electron chi connectivity index (χ4n) is 3.69. The Labute approximate surface area is 216 Å². The predicted molar refractivity (Wildman–Crippen MR) is 143 cm³/mol. The number of halogens is 1. The SMILES string of the molecule is Cc1cc(OCC(=O)N(Cc2ccccc2)[C@@H](Cc2ccccc2)C(=O)NCC(C)C)ccc1Br. The molecule has 0 fully saturated rings. The van der Waals surface area contributed by atoms with Gasteiger partial charge >= 0.3 is 0 Å². The second-order valence-electron chi connectivity index (χ2n) is 9.05. The van der Waals surface area contributed by atoms with Crippen molar-refractivity contribution in [2.24, 2.45) is 5.92 Å². The summed E-state index contributed by atoms with van der Waals surface area (Å²) in [5.41, 5.74) is 2.97. The van der Waals surface area contributed by atoms with Crippen LogP contribution in [0.2, 0.25) is 0 Å². The summed E-state index contributed by atoms with van der Waals surface area (Å²) in [6, 6.07) is 24.5. The van der Waals surface area contributed by atoms with Crippen molar-refractivity contribution in [1.29, 1.82) is 0 Å². The van der Waals surface area contributed by atoms with Crippen molar-refractivity contribution in [2.75, 3.05) is 13.2 Å². The highest BCUT2D eigenvalue weighted by molar-refractivity contribution is 9.10. The normalized spacial score (nSPS) is 11.7. The highest BCUT2D eigenvalue weighted by Gasteiger charge is 2.30. The maximum atomic E-state index is 13.6. The highest BCUT2D eigenvalue weighted by atomic mass is 79.9. The summed E-state index contributed by atoms with van der Waals surface area (Å²) in [5.74, 6) is 0.516. The van der Waals surface area contributed by atoms with E-state index in [0.717, 1.165) is 21.2 Å². The zero-order valence-corrected chi connectivity index (χ0v) is 22.1. The topological polar surface area (TPSA) is 58.6 Å². The van der Waals surface area contributed by atoms with Gasteiger partial charge in [-0.05, 0) is 47.7 Å². The van der Waals surface area contributed by atoms with Crippen LogP contribution in [-0.4, -0.2) is 35.9 Å². The lowest BCUT2D eigenvalue weighted by atomic mass is 10.0. The Hall–Kier alpha value is -3.12. The lowest BCUT2D eigenvalue weighted by Crippen LogP contribution is -2.52. The van der Waals surface area contributed by atoms with Gasteiger partial charge in [0.05, 0.1) is 0 Å². The molecule has 35 heavy (non-hydrogen) atoms. The molecule has 0 heterocycles.